The zero-order chi connectivity index (χ0) is 12.4. The average Bonchev–Trinajstić information content (AvgIpc) is 2.68. The zero-order valence-electron chi connectivity index (χ0n) is 9.21. The van der Waals surface area contributed by atoms with Gasteiger partial charge in [0, 0.05) is 10.9 Å². The molecule has 0 bridgehead atoms. The predicted octanol–water partition coefficient (Wildman–Crippen LogP) is 4.86. The summed E-state index contributed by atoms with van der Waals surface area (Å²) >= 11 is 7.81. The highest BCUT2D eigenvalue weighted by Crippen LogP contribution is 2.32. The minimum absolute atomic E-state index is 0.269. The van der Waals surface area contributed by atoms with Crippen LogP contribution in [0.2, 0.25) is 0 Å². The normalized spacial score (nSPS) is 12.7. The van der Waals surface area contributed by atoms with Gasteiger partial charge in [0.1, 0.15) is 11.6 Å². The van der Waals surface area contributed by atoms with Gasteiger partial charge in [-0.3, -0.25) is 0 Å². The molecule has 2 aromatic rings. The topological polar surface area (TPSA) is 0 Å². The molecular formula is C13H11ClF2S. The van der Waals surface area contributed by atoms with Crippen LogP contribution in [0.25, 0.3) is 0 Å². The lowest BCUT2D eigenvalue weighted by Crippen LogP contribution is -1.98. The van der Waals surface area contributed by atoms with E-state index in [4.69, 9.17) is 11.6 Å². The van der Waals surface area contributed by atoms with Gasteiger partial charge in [-0.1, -0.05) is 6.07 Å². The molecule has 0 nitrogen and oxygen atoms in total. The minimum Gasteiger partial charge on any atom is -0.207 e. The Hall–Kier alpha value is -0.930. The summed E-state index contributed by atoms with van der Waals surface area (Å²) < 4.78 is 26.2. The fourth-order valence-corrected chi connectivity index (χ4v) is 3.07. The molecule has 0 N–H and O–H groups in total. The van der Waals surface area contributed by atoms with Crippen LogP contribution < -0.4 is 0 Å². The molecule has 0 fully saturated rings. The second-order valence-corrected chi connectivity index (χ2v) is 5.35. The molecule has 17 heavy (non-hydrogen) atoms. The van der Waals surface area contributed by atoms with Gasteiger partial charge in [0.05, 0.1) is 5.38 Å². The maximum atomic E-state index is 13.5. The molecule has 0 amide bonds. The van der Waals surface area contributed by atoms with Crippen LogP contribution in [0.3, 0.4) is 0 Å². The molecule has 0 aliphatic heterocycles. The molecule has 1 atom stereocenters. The Morgan fingerprint density at radius 1 is 1.29 bits per heavy atom. The van der Waals surface area contributed by atoms with E-state index in [2.05, 4.69) is 0 Å². The third-order valence-corrected chi connectivity index (χ3v) is 4.23. The van der Waals surface area contributed by atoms with Gasteiger partial charge >= 0.3 is 0 Å². The molecule has 1 aromatic carbocycles. The van der Waals surface area contributed by atoms with Crippen LogP contribution in [0.15, 0.2) is 29.6 Å². The first-order valence-corrected chi connectivity index (χ1v) is 6.51. The van der Waals surface area contributed by atoms with E-state index >= 15 is 0 Å². The van der Waals surface area contributed by atoms with Gasteiger partial charge in [0.2, 0.25) is 0 Å². The van der Waals surface area contributed by atoms with Crippen LogP contribution >= 0.6 is 22.9 Å². The van der Waals surface area contributed by atoms with E-state index in [0.29, 0.717) is 12.0 Å². The van der Waals surface area contributed by atoms with Crippen molar-refractivity contribution >= 4 is 22.9 Å². The highest BCUT2D eigenvalue weighted by Gasteiger charge is 2.15. The van der Waals surface area contributed by atoms with Crippen molar-refractivity contribution in [3.63, 3.8) is 0 Å². The van der Waals surface area contributed by atoms with Crippen LogP contribution in [0.4, 0.5) is 8.78 Å². The molecular weight excluding hydrogens is 262 g/mol. The number of aryl methyl sites for hydroxylation is 1. The Balaban J connectivity index is 2.19. The van der Waals surface area contributed by atoms with Crippen LogP contribution in [0.1, 0.15) is 21.4 Å². The molecule has 90 valence electrons. The third-order valence-electron chi connectivity index (χ3n) is 2.60. The summed E-state index contributed by atoms with van der Waals surface area (Å²) in [5, 5.41) is 1.69. The molecule has 1 heterocycles. The van der Waals surface area contributed by atoms with Gasteiger partial charge in [0.25, 0.3) is 0 Å². The molecule has 0 saturated carbocycles. The molecule has 0 spiro atoms. The lowest BCUT2D eigenvalue weighted by Gasteiger charge is -2.09. The number of halogens is 3. The molecule has 0 radical (unpaired) electrons. The van der Waals surface area contributed by atoms with E-state index in [-0.39, 0.29) is 5.38 Å². The maximum absolute atomic E-state index is 13.5. The van der Waals surface area contributed by atoms with Crippen LogP contribution in [0.5, 0.6) is 0 Å². The van der Waals surface area contributed by atoms with Crippen molar-refractivity contribution < 1.29 is 8.78 Å². The van der Waals surface area contributed by atoms with Crippen molar-refractivity contribution in [3.05, 3.63) is 57.3 Å². The number of alkyl halides is 1. The smallest absolute Gasteiger partial charge is 0.129 e. The maximum Gasteiger partial charge on any atom is 0.129 e. The van der Waals surface area contributed by atoms with Gasteiger partial charge in [0.15, 0.2) is 0 Å². The second-order valence-electron chi connectivity index (χ2n) is 3.88. The van der Waals surface area contributed by atoms with Crippen LogP contribution in [-0.2, 0) is 6.42 Å². The van der Waals surface area contributed by atoms with Crippen molar-refractivity contribution in [2.45, 2.75) is 18.7 Å². The first-order chi connectivity index (χ1) is 8.08. The van der Waals surface area contributed by atoms with Crippen molar-refractivity contribution in [1.29, 1.82) is 0 Å². The van der Waals surface area contributed by atoms with Gasteiger partial charge in [-0.05, 0) is 42.0 Å². The van der Waals surface area contributed by atoms with E-state index in [1.165, 1.54) is 12.1 Å². The van der Waals surface area contributed by atoms with Gasteiger partial charge < -0.3 is 0 Å². The Bertz CT molecular complexity index is 522. The number of hydrogen-bond acceptors (Lipinski definition) is 1. The lowest BCUT2D eigenvalue weighted by atomic mass is 10.1. The predicted molar refractivity (Wildman–Crippen MR) is 67.7 cm³/mol. The summed E-state index contributed by atoms with van der Waals surface area (Å²) in [6.45, 7) is 1.97. The molecule has 2 rings (SSSR count). The lowest BCUT2D eigenvalue weighted by molar-refractivity contribution is 0.571. The number of rotatable bonds is 3. The van der Waals surface area contributed by atoms with E-state index in [9.17, 15) is 8.78 Å². The molecule has 1 aromatic heterocycles. The molecule has 0 aliphatic carbocycles. The average molecular weight is 273 g/mol. The summed E-state index contributed by atoms with van der Waals surface area (Å²) in [6.07, 6.45) is 0.370. The van der Waals surface area contributed by atoms with Crippen LogP contribution in [-0.4, -0.2) is 0 Å². The highest BCUT2D eigenvalue weighted by atomic mass is 35.5. The molecule has 1 unspecified atom stereocenters. The Morgan fingerprint density at radius 3 is 2.65 bits per heavy atom. The Morgan fingerprint density at radius 2 is 2.06 bits per heavy atom. The standard InChI is InChI=1S/C13H11ClF2S/c1-8-4-5-17-13(8)11(14)6-9-2-3-10(15)7-12(9)16/h2-5,7,11H,6H2,1H3. The summed E-state index contributed by atoms with van der Waals surface area (Å²) in [4.78, 5) is 1.04. The summed E-state index contributed by atoms with van der Waals surface area (Å²) in [6, 6.07) is 5.57. The van der Waals surface area contributed by atoms with E-state index < -0.39 is 11.6 Å². The fraction of sp³-hybridized carbons (Fsp3) is 0.231. The SMILES string of the molecule is Cc1ccsc1C(Cl)Cc1ccc(F)cc1F. The fourth-order valence-electron chi connectivity index (χ4n) is 1.68. The van der Waals surface area contributed by atoms with Crippen molar-refractivity contribution in [1.82, 2.24) is 0 Å². The van der Waals surface area contributed by atoms with E-state index in [1.54, 1.807) is 11.3 Å². The monoisotopic (exact) mass is 272 g/mol. The quantitative estimate of drug-likeness (QED) is 0.700. The summed E-state index contributed by atoms with van der Waals surface area (Å²) in [7, 11) is 0. The molecule has 0 saturated heterocycles. The first-order valence-electron chi connectivity index (χ1n) is 5.20. The zero-order valence-corrected chi connectivity index (χ0v) is 10.8. The first kappa shape index (κ1) is 12.5. The number of thiophene rings is 1. The van der Waals surface area contributed by atoms with Crippen LogP contribution in [0, 0.1) is 18.6 Å². The molecule has 4 heteroatoms. The second kappa shape index (κ2) is 5.15. The third kappa shape index (κ3) is 2.85. The largest absolute Gasteiger partial charge is 0.207 e. The number of hydrogen-bond donors (Lipinski definition) is 0. The Kier molecular flexibility index (Phi) is 3.79. The van der Waals surface area contributed by atoms with E-state index in [0.717, 1.165) is 16.5 Å². The van der Waals surface area contributed by atoms with Gasteiger partial charge in [-0.15, -0.1) is 22.9 Å². The van der Waals surface area contributed by atoms with Crippen molar-refractivity contribution in [2.24, 2.45) is 0 Å². The minimum atomic E-state index is -0.565. The highest BCUT2D eigenvalue weighted by molar-refractivity contribution is 7.10. The Labute approximate surface area is 108 Å². The van der Waals surface area contributed by atoms with Gasteiger partial charge in [-0.25, -0.2) is 8.78 Å². The summed E-state index contributed by atoms with van der Waals surface area (Å²) in [5.74, 6) is -1.10. The van der Waals surface area contributed by atoms with Crippen molar-refractivity contribution in [2.75, 3.05) is 0 Å². The van der Waals surface area contributed by atoms with E-state index in [1.807, 2.05) is 18.4 Å². The summed E-state index contributed by atoms with van der Waals surface area (Å²) in [5.41, 5.74) is 1.55. The van der Waals surface area contributed by atoms with Gasteiger partial charge in [-0.2, -0.15) is 0 Å². The van der Waals surface area contributed by atoms with Crippen molar-refractivity contribution in [3.8, 4) is 0 Å². The molecule has 0 aliphatic rings. The number of benzene rings is 1.